The summed E-state index contributed by atoms with van der Waals surface area (Å²) < 4.78 is 1.88. The summed E-state index contributed by atoms with van der Waals surface area (Å²) in [4.78, 5) is 6.55. The maximum absolute atomic E-state index is 8.72. The molecule has 0 aliphatic heterocycles. The Balaban J connectivity index is 2.72. The fourth-order valence-electron chi connectivity index (χ4n) is 1.86. The van der Waals surface area contributed by atoms with Gasteiger partial charge in [-0.05, 0) is 5.41 Å². The highest BCUT2D eigenvalue weighted by Gasteiger charge is 2.18. The molecule has 0 spiro atoms. The lowest BCUT2D eigenvalue weighted by Crippen LogP contribution is -2.33. The van der Waals surface area contributed by atoms with Crippen molar-refractivity contribution >= 4 is 11.6 Å². The van der Waals surface area contributed by atoms with Crippen LogP contribution < -0.4 is 0 Å². The minimum Gasteiger partial charge on any atom is -0.321 e. The molecule has 0 fully saturated rings. The van der Waals surface area contributed by atoms with Crippen molar-refractivity contribution in [2.75, 3.05) is 13.1 Å². The zero-order valence-electron chi connectivity index (χ0n) is 11.6. The third kappa shape index (κ3) is 4.67. The molecule has 0 aromatic carbocycles. The third-order valence-corrected chi connectivity index (χ3v) is 2.98. The van der Waals surface area contributed by atoms with Gasteiger partial charge in [0.1, 0.15) is 11.0 Å². The Morgan fingerprint density at radius 3 is 2.61 bits per heavy atom. The van der Waals surface area contributed by atoms with Gasteiger partial charge in [0.05, 0.1) is 18.8 Å². The first-order valence-electron chi connectivity index (χ1n) is 6.09. The molecule has 100 valence electrons. The van der Waals surface area contributed by atoms with E-state index < -0.39 is 0 Å². The zero-order chi connectivity index (χ0) is 13.8. The molecule has 0 radical (unpaired) electrons. The van der Waals surface area contributed by atoms with Crippen LogP contribution in [0.1, 0.15) is 33.0 Å². The second-order valence-electron chi connectivity index (χ2n) is 5.74. The maximum atomic E-state index is 8.72. The topological polar surface area (TPSA) is 44.9 Å². The van der Waals surface area contributed by atoms with Crippen LogP contribution in [-0.2, 0) is 13.6 Å². The van der Waals surface area contributed by atoms with Crippen LogP contribution in [0.15, 0.2) is 6.20 Å². The second kappa shape index (κ2) is 6.21. The summed E-state index contributed by atoms with van der Waals surface area (Å²) in [5.74, 6) is 0.933. The van der Waals surface area contributed by atoms with E-state index in [1.165, 1.54) is 0 Å². The molecule has 4 nitrogen and oxygen atoms in total. The van der Waals surface area contributed by atoms with Crippen LogP contribution >= 0.6 is 11.6 Å². The average Bonchev–Trinajstić information content (AvgIpc) is 2.56. The van der Waals surface area contributed by atoms with Gasteiger partial charge in [-0.3, -0.25) is 4.90 Å². The maximum Gasteiger partial charge on any atom is 0.128 e. The van der Waals surface area contributed by atoms with Gasteiger partial charge in [0.2, 0.25) is 0 Å². The molecule has 1 aromatic heterocycles. The highest BCUT2D eigenvalue weighted by Crippen LogP contribution is 2.18. The van der Waals surface area contributed by atoms with Crippen molar-refractivity contribution in [1.82, 2.24) is 14.5 Å². The van der Waals surface area contributed by atoms with Gasteiger partial charge in [-0.1, -0.05) is 32.4 Å². The molecule has 0 aliphatic rings. The van der Waals surface area contributed by atoms with E-state index in [-0.39, 0.29) is 5.41 Å². The lowest BCUT2D eigenvalue weighted by molar-refractivity contribution is 0.182. The molecule has 0 unspecified atom stereocenters. The minimum absolute atomic E-state index is 0.199. The molecule has 0 N–H and O–H groups in total. The molecule has 0 saturated carbocycles. The molecule has 1 rings (SSSR count). The van der Waals surface area contributed by atoms with Crippen LogP contribution in [0.2, 0.25) is 5.15 Å². The van der Waals surface area contributed by atoms with Crippen molar-refractivity contribution in [3.63, 3.8) is 0 Å². The minimum atomic E-state index is 0.199. The van der Waals surface area contributed by atoms with Gasteiger partial charge in [0.15, 0.2) is 0 Å². The number of rotatable bonds is 5. The number of aromatic nitrogens is 2. The summed E-state index contributed by atoms with van der Waals surface area (Å²) >= 11 is 5.98. The number of imidazole rings is 1. The van der Waals surface area contributed by atoms with E-state index >= 15 is 0 Å². The van der Waals surface area contributed by atoms with Crippen LogP contribution in [0.5, 0.6) is 0 Å². The average molecular weight is 269 g/mol. The first kappa shape index (κ1) is 15.0. The van der Waals surface area contributed by atoms with Crippen molar-refractivity contribution in [1.29, 1.82) is 5.26 Å². The van der Waals surface area contributed by atoms with E-state index in [4.69, 9.17) is 16.9 Å². The smallest absolute Gasteiger partial charge is 0.128 e. The quantitative estimate of drug-likeness (QED) is 0.825. The highest BCUT2D eigenvalue weighted by molar-refractivity contribution is 6.29. The third-order valence-electron chi connectivity index (χ3n) is 2.63. The fourth-order valence-corrected chi connectivity index (χ4v) is 2.01. The van der Waals surface area contributed by atoms with Gasteiger partial charge < -0.3 is 4.57 Å². The Hall–Kier alpha value is -1.05. The van der Waals surface area contributed by atoms with Crippen LogP contribution in [0, 0.1) is 16.7 Å². The van der Waals surface area contributed by atoms with Crippen LogP contribution in [0.25, 0.3) is 0 Å². The van der Waals surface area contributed by atoms with E-state index in [0.717, 1.165) is 25.5 Å². The molecular formula is C13H21ClN4. The summed E-state index contributed by atoms with van der Waals surface area (Å²) in [6, 6.07) is 2.19. The highest BCUT2D eigenvalue weighted by atomic mass is 35.5. The zero-order valence-corrected chi connectivity index (χ0v) is 12.3. The molecule has 1 aromatic rings. The molecular weight excluding hydrogens is 248 g/mol. The summed E-state index contributed by atoms with van der Waals surface area (Å²) in [5, 5.41) is 9.36. The lowest BCUT2D eigenvalue weighted by Gasteiger charge is -2.29. The Morgan fingerprint density at radius 2 is 2.17 bits per heavy atom. The predicted molar refractivity (Wildman–Crippen MR) is 73.2 cm³/mol. The van der Waals surface area contributed by atoms with Crippen LogP contribution in [0.3, 0.4) is 0 Å². The number of nitrogens with zero attached hydrogens (tertiary/aromatic N) is 4. The van der Waals surface area contributed by atoms with Gasteiger partial charge in [-0.25, -0.2) is 4.98 Å². The number of hydrogen-bond donors (Lipinski definition) is 0. The molecule has 0 saturated heterocycles. The first-order valence-corrected chi connectivity index (χ1v) is 6.46. The molecule has 0 amide bonds. The first-order chi connectivity index (χ1) is 8.33. The Kier molecular flexibility index (Phi) is 5.18. The van der Waals surface area contributed by atoms with Gasteiger partial charge in [0, 0.05) is 26.6 Å². The molecule has 1 heterocycles. The summed E-state index contributed by atoms with van der Waals surface area (Å²) in [7, 11) is 1.91. The molecule has 18 heavy (non-hydrogen) atoms. The lowest BCUT2D eigenvalue weighted by atomic mass is 9.96. The Bertz CT molecular complexity index is 425. The van der Waals surface area contributed by atoms with Crippen molar-refractivity contribution in [3.05, 3.63) is 17.2 Å². The van der Waals surface area contributed by atoms with Gasteiger partial charge in [0.25, 0.3) is 0 Å². The normalized spacial score (nSPS) is 11.8. The summed E-state index contributed by atoms with van der Waals surface area (Å²) in [6.45, 7) is 8.99. The van der Waals surface area contributed by atoms with Crippen LogP contribution in [0.4, 0.5) is 0 Å². The molecule has 0 aliphatic carbocycles. The van der Waals surface area contributed by atoms with Gasteiger partial charge >= 0.3 is 0 Å². The standard InChI is InChI=1S/C13H21ClN4/c1-13(2,3)10-18(7-5-6-15)9-12-16-8-11(14)17(12)4/h8H,5,7,9-10H2,1-4H3. The second-order valence-corrected chi connectivity index (χ2v) is 6.12. The van der Waals surface area contributed by atoms with Crippen LogP contribution in [-0.4, -0.2) is 27.5 Å². The van der Waals surface area contributed by atoms with E-state index in [1.54, 1.807) is 6.20 Å². The van der Waals surface area contributed by atoms with Crippen molar-refractivity contribution in [2.45, 2.75) is 33.7 Å². The molecule has 5 heteroatoms. The summed E-state index contributed by atoms with van der Waals surface area (Å²) in [6.07, 6.45) is 2.20. The van der Waals surface area contributed by atoms with E-state index in [1.807, 2.05) is 11.6 Å². The molecule has 0 atom stereocenters. The number of halogens is 1. The van der Waals surface area contributed by atoms with Crippen molar-refractivity contribution in [3.8, 4) is 6.07 Å². The summed E-state index contributed by atoms with van der Waals surface area (Å²) in [5.41, 5.74) is 0.199. The fraction of sp³-hybridized carbons (Fsp3) is 0.692. The Morgan fingerprint density at radius 1 is 1.50 bits per heavy atom. The van der Waals surface area contributed by atoms with E-state index in [9.17, 15) is 0 Å². The number of hydrogen-bond acceptors (Lipinski definition) is 3. The number of nitriles is 1. The van der Waals surface area contributed by atoms with E-state index in [0.29, 0.717) is 11.6 Å². The van der Waals surface area contributed by atoms with E-state index in [2.05, 4.69) is 36.7 Å². The Labute approximate surface area is 114 Å². The largest absolute Gasteiger partial charge is 0.321 e. The van der Waals surface area contributed by atoms with Crippen molar-refractivity contribution in [2.24, 2.45) is 12.5 Å². The monoisotopic (exact) mass is 268 g/mol. The van der Waals surface area contributed by atoms with Gasteiger partial charge in [-0.2, -0.15) is 5.26 Å². The molecule has 0 bridgehead atoms. The predicted octanol–water partition coefficient (Wildman–Crippen LogP) is 2.84. The van der Waals surface area contributed by atoms with Gasteiger partial charge in [-0.15, -0.1) is 0 Å². The van der Waals surface area contributed by atoms with Crippen molar-refractivity contribution < 1.29 is 0 Å². The SMILES string of the molecule is Cn1c(Cl)cnc1CN(CCC#N)CC(C)(C)C.